The second-order valence-corrected chi connectivity index (χ2v) is 4.34. The lowest BCUT2D eigenvalue weighted by molar-refractivity contribution is 0.376. The molecule has 0 N–H and O–H groups in total. The van der Waals surface area contributed by atoms with Gasteiger partial charge in [0.15, 0.2) is 5.76 Å². The SMILES string of the molecule is CCN(Cc1nc(-c2ccco2)no1)c1ccccc1. The molecule has 5 heteroatoms. The molecule has 0 aliphatic rings. The Morgan fingerprint density at radius 1 is 1.10 bits per heavy atom. The maximum atomic E-state index is 5.28. The van der Waals surface area contributed by atoms with Gasteiger partial charge in [-0.15, -0.1) is 0 Å². The zero-order valence-electron chi connectivity index (χ0n) is 11.2. The molecule has 0 saturated heterocycles. The Hall–Kier alpha value is -2.56. The number of para-hydroxylation sites is 1. The summed E-state index contributed by atoms with van der Waals surface area (Å²) >= 11 is 0. The van der Waals surface area contributed by atoms with Crippen LogP contribution in [0.3, 0.4) is 0 Å². The molecule has 0 aliphatic carbocycles. The molecule has 2 aromatic heterocycles. The van der Waals surface area contributed by atoms with Crippen molar-refractivity contribution in [2.75, 3.05) is 11.4 Å². The summed E-state index contributed by atoms with van der Waals surface area (Å²) in [5.74, 6) is 1.67. The van der Waals surface area contributed by atoms with Gasteiger partial charge >= 0.3 is 0 Å². The van der Waals surface area contributed by atoms with Crippen LogP contribution in [0, 0.1) is 0 Å². The summed E-state index contributed by atoms with van der Waals surface area (Å²) in [5, 5.41) is 3.93. The van der Waals surface area contributed by atoms with Crippen molar-refractivity contribution in [3.05, 3.63) is 54.6 Å². The molecule has 0 spiro atoms. The standard InChI is InChI=1S/C15H15N3O2/c1-2-18(12-7-4-3-5-8-12)11-14-16-15(17-20-14)13-9-6-10-19-13/h3-10H,2,11H2,1H3. The lowest BCUT2D eigenvalue weighted by Crippen LogP contribution is -2.22. The van der Waals surface area contributed by atoms with Gasteiger partial charge < -0.3 is 13.8 Å². The van der Waals surface area contributed by atoms with E-state index in [1.807, 2.05) is 24.3 Å². The van der Waals surface area contributed by atoms with Crippen molar-refractivity contribution in [3.8, 4) is 11.6 Å². The van der Waals surface area contributed by atoms with Crippen molar-refractivity contribution in [1.29, 1.82) is 0 Å². The van der Waals surface area contributed by atoms with E-state index >= 15 is 0 Å². The van der Waals surface area contributed by atoms with E-state index in [9.17, 15) is 0 Å². The minimum atomic E-state index is 0.481. The topological polar surface area (TPSA) is 55.3 Å². The number of furan rings is 1. The van der Waals surface area contributed by atoms with Gasteiger partial charge in [0.1, 0.15) is 0 Å². The monoisotopic (exact) mass is 269 g/mol. The Morgan fingerprint density at radius 3 is 2.65 bits per heavy atom. The van der Waals surface area contributed by atoms with Gasteiger partial charge in [0.05, 0.1) is 12.8 Å². The van der Waals surface area contributed by atoms with E-state index in [2.05, 4.69) is 34.1 Å². The summed E-state index contributed by atoms with van der Waals surface area (Å²) in [6, 6.07) is 13.8. The minimum absolute atomic E-state index is 0.481. The summed E-state index contributed by atoms with van der Waals surface area (Å²) in [7, 11) is 0. The van der Waals surface area contributed by atoms with Gasteiger partial charge in [0.2, 0.25) is 11.7 Å². The largest absolute Gasteiger partial charge is 0.461 e. The summed E-state index contributed by atoms with van der Waals surface area (Å²) in [5.41, 5.74) is 1.13. The molecule has 3 rings (SSSR count). The predicted molar refractivity (Wildman–Crippen MR) is 75.2 cm³/mol. The summed E-state index contributed by atoms with van der Waals surface area (Å²) in [6.07, 6.45) is 1.59. The summed E-state index contributed by atoms with van der Waals surface area (Å²) in [6.45, 7) is 3.54. The average Bonchev–Trinajstić information content (AvgIpc) is 3.16. The second-order valence-electron chi connectivity index (χ2n) is 4.34. The number of anilines is 1. The van der Waals surface area contributed by atoms with Gasteiger partial charge in [-0.2, -0.15) is 4.98 Å². The van der Waals surface area contributed by atoms with Crippen molar-refractivity contribution in [3.63, 3.8) is 0 Å². The first-order valence-electron chi connectivity index (χ1n) is 6.53. The Bertz CT molecular complexity index is 647. The highest BCUT2D eigenvalue weighted by Gasteiger charge is 2.13. The van der Waals surface area contributed by atoms with Crippen molar-refractivity contribution in [2.45, 2.75) is 13.5 Å². The first-order valence-corrected chi connectivity index (χ1v) is 6.53. The van der Waals surface area contributed by atoms with Gasteiger partial charge in [-0.1, -0.05) is 23.4 Å². The van der Waals surface area contributed by atoms with E-state index in [1.54, 1.807) is 12.3 Å². The molecular weight excluding hydrogens is 254 g/mol. The molecule has 0 saturated carbocycles. The molecule has 5 nitrogen and oxygen atoms in total. The first-order chi connectivity index (χ1) is 9.86. The van der Waals surface area contributed by atoms with E-state index in [0.29, 0.717) is 24.0 Å². The van der Waals surface area contributed by atoms with Crippen LogP contribution in [-0.2, 0) is 6.54 Å². The van der Waals surface area contributed by atoms with E-state index < -0.39 is 0 Å². The minimum Gasteiger partial charge on any atom is -0.461 e. The fourth-order valence-electron chi connectivity index (χ4n) is 2.01. The molecule has 0 fully saturated rings. The number of aromatic nitrogens is 2. The number of benzene rings is 1. The van der Waals surface area contributed by atoms with Gasteiger partial charge in [-0.25, -0.2) is 0 Å². The quantitative estimate of drug-likeness (QED) is 0.711. The molecular formula is C15H15N3O2. The van der Waals surface area contributed by atoms with Crippen LogP contribution in [0.15, 0.2) is 57.7 Å². The van der Waals surface area contributed by atoms with E-state index in [4.69, 9.17) is 8.94 Å². The number of hydrogen-bond donors (Lipinski definition) is 0. The third-order valence-electron chi connectivity index (χ3n) is 3.04. The van der Waals surface area contributed by atoms with Crippen molar-refractivity contribution in [1.82, 2.24) is 10.1 Å². The second kappa shape index (κ2) is 5.61. The van der Waals surface area contributed by atoms with Crippen LogP contribution >= 0.6 is 0 Å². The van der Waals surface area contributed by atoms with Crippen molar-refractivity contribution in [2.24, 2.45) is 0 Å². The van der Waals surface area contributed by atoms with Crippen LogP contribution in [0.4, 0.5) is 5.69 Å². The zero-order valence-corrected chi connectivity index (χ0v) is 11.2. The highest BCUT2D eigenvalue weighted by Crippen LogP contribution is 2.19. The predicted octanol–water partition coefficient (Wildman–Crippen LogP) is 3.36. The fraction of sp³-hybridized carbons (Fsp3) is 0.200. The first kappa shape index (κ1) is 12.5. The van der Waals surface area contributed by atoms with Gasteiger partial charge in [0, 0.05) is 12.2 Å². The van der Waals surface area contributed by atoms with Crippen LogP contribution in [-0.4, -0.2) is 16.7 Å². The van der Waals surface area contributed by atoms with E-state index in [0.717, 1.165) is 12.2 Å². The molecule has 0 unspecified atom stereocenters. The van der Waals surface area contributed by atoms with Crippen molar-refractivity contribution >= 4 is 5.69 Å². The van der Waals surface area contributed by atoms with Gasteiger partial charge in [-0.05, 0) is 31.2 Å². The van der Waals surface area contributed by atoms with Crippen LogP contribution in [0.1, 0.15) is 12.8 Å². The van der Waals surface area contributed by atoms with Gasteiger partial charge in [0.25, 0.3) is 0 Å². The van der Waals surface area contributed by atoms with E-state index in [1.165, 1.54) is 0 Å². The Labute approximate surface area is 116 Å². The number of hydrogen-bond acceptors (Lipinski definition) is 5. The van der Waals surface area contributed by atoms with Crippen LogP contribution in [0.2, 0.25) is 0 Å². The lowest BCUT2D eigenvalue weighted by Gasteiger charge is -2.20. The fourth-order valence-corrected chi connectivity index (χ4v) is 2.01. The molecule has 102 valence electrons. The summed E-state index contributed by atoms with van der Waals surface area (Å²) in [4.78, 5) is 6.52. The van der Waals surface area contributed by atoms with Crippen LogP contribution in [0.5, 0.6) is 0 Å². The Balaban J connectivity index is 1.77. The van der Waals surface area contributed by atoms with Crippen LogP contribution in [0.25, 0.3) is 11.6 Å². The van der Waals surface area contributed by atoms with Crippen LogP contribution < -0.4 is 4.90 Å². The smallest absolute Gasteiger partial charge is 0.246 e. The highest BCUT2D eigenvalue weighted by atomic mass is 16.5. The zero-order chi connectivity index (χ0) is 13.8. The summed E-state index contributed by atoms with van der Waals surface area (Å²) < 4.78 is 10.5. The number of nitrogens with zero attached hydrogens (tertiary/aromatic N) is 3. The maximum absolute atomic E-state index is 5.28. The normalized spacial score (nSPS) is 10.7. The Kier molecular flexibility index (Phi) is 3.50. The molecule has 3 aromatic rings. The van der Waals surface area contributed by atoms with Gasteiger partial charge in [-0.3, -0.25) is 0 Å². The lowest BCUT2D eigenvalue weighted by atomic mass is 10.3. The molecule has 1 aromatic carbocycles. The molecule has 0 aliphatic heterocycles. The maximum Gasteiger partial charge on any atom is 0.246 e. The average molecular weight is 269 g/mol. The molecule has 20 heavy (non-hydrogen) atoms. The number of rotatable bonds is 5. The van der Waals surface area contributed by atoms with E-state index in [-0.39, 0.29) is 0 Å². The van der Waals surface area contributed by atoms with Crippen molar-refractivity contribution < 1.29 is 8.94 Å². The molecule has 2 heterocycles. The molecule has 0 radical (unpaired) electrons. The molecule has 0 bridgehead atoms. The third-order valence-corrected chi connectivity index (χ3v) is 3.04. The molecule has 0 atom stereocenters. The molecule has 0 amide bonds. The third kappa shape index (κ3) is 2.56. The Morgan fingerprint density at radius 2 is 1.95 bits per heavy atom. The highest BCUT2D eigenvalue weighted by molar-refractivity contribution is 5.47.